The van der Waals surface area contributed by atoms with E-state index in [4.69, 9.17) is 23.2 Å². The summed E-state index contributed by atoms with van der Waals surface area (Å²) in [7, 11) is 0. The van der Waals surface area contributed by atoms with Gasteiger partial charge in [-0.15, -0.1) is 0 Å². The van der Waals surface area contributed by atoms with Crippen molar-refractivity contribution in [2.75, 3.05) is 0 Å². The van der Waals surface area contributed by atoms with E-state index in [0.29, 0.717) is 10.6 Å². The number of carbonyl (C=O) groups is 1. The average Bonchev–Trinajstić information content (AvgIpc) is 2.32. The molecule has 3 N–H and O–H groups in total. The Morgan fingerprint density at radius 2 is 1.80 bits per heavy atom. The molecule has 0 aliphatic heterocycles. The summed E-state index contributed by atoms with van der Waals surface area (Å²) < 4.78 is 13.5. The highest BCUT2D eigenvalue weighted by Gasteiger charge is 2.23. The Hall–Kier alpha value is -0.840. The highest BCUT2D eigenvalue weighted by molar-refractivity contribution is 6.35. The number of nitrogens with two attached hydrogens (primary N) is 1. The molecule has 0 fully saturated rings. The standard InChI is InChI=1S/C14H19Cl2FN2O/c1-7(2)18-14(20)9(4)19-8(3)10-5-13(17)12(16)6-11(10)15/h5-9,19H,1-4H3,(H,18,20)/p+1/t8-,9-/m0/s1. The molecule has 1 aromatic rings. The van der Waals surface area contributed by atoms with Gasteiger partial charge in [0.15, 0.2) is 6.04 Å². The van der Waals surface area contributed by atoms with Gasteiger partial charge >= 0.3 is 0 Å². The Morgan fingerprint density at radius 1 is 1.20 bits per heavy atom. The molecule has 0 aliphatic carbocycles. The fourth-order valence-electron chi connectivity index (χ4n) is 1.93. The second kappa shape index (κ2) is 7.25. The number of halogens is 3. The number of hydrogen-bond donors (Lipinski definition) is 2. The van der Waals surface area contributed by atoms with Crippen LogP contribution in [0.25, 0.3) is 0 Å². The van der Waals surface area contributed by atoms with Crippen molar-refractivity contribution in [3.63, 3.8) is 0 Å². The van der Waals surface area contributed by atoms with Crippen LogP contribution in [0.4, 0.5) is 4.39 Å². The van der Waals surface area contributed by atoms with Crippen molar-refractivity contribution >= 4 is 29.1 Å². The molecule has 0 aliphatic rings. The SMILES string of the molecule is CC(C)NC(=O)[C@H](C)[NH2+][C@@H](C)c1cc(F)c(Cl)cc1Cl. The Balaban J connectivity index is 2.78. The molecule has 0 saturated carbocycles. The van der Waals surface area contributed by atoms with Gasteiger partial charge < -0.3 is 10.6 Å². The first kappa shape index (κ1) is 17.2. The number of hydrogen-bond acceptors (Lipinski definition) is 1. The van der Waals surface area contributed by atoms with E-state index in [2.05, 4.69) is 5.32 Å². The van der Waals surface area contributed by atoms with Crippen molar-refractivity contribution in [2.24, 2.45) is 0 Å². The summed E-state index contributed by atoms with van der Waals surface area (Å²) in [5.74, 6) is -0.567. The number of quaternary nitrogens is 1. The number of carbonyl (C=O) groups excluding carboxylic acids is 1. The van der Waals surface area contributed by atoms with E-state index in [-0.39, 0.29) is 29.1 Å². The normalized spacial score (nSPS) is 14.2. The van der Waals surface area contributed by atoms with Gasteiger partial charge in [0.05, 0.1) is 10.0 Å². The molecular formula is C14H20Cl2FN2O+. The minimum Gasteiger partial charge on any atom is -0.349 e. The molecule has 0 radical (unpaired) electrons. The summed E-state index contributed by atoms with van der Waals surface area (Å²) in [4.78, 5) is 11.9. The van der Waals surface area contributed by atoms with E-state index < -0.39 is 5.82 Å². The monoisotopic (exact) mass is 321 g/mol. The molecule has 0 unspecified atom stereocenters. The number of nitrogens with one attached hydrogen (secondary N) is 1. The van der Waals surface area contributed by atoms with Crippen LogP contribution in [0.5, 0.6) is 0 Å². The highest BCUT2D eigenvalue weighted by Crippen LogP contribution is 2.27. The Bertz CT molecular complexity index is 494. The topological polar surface area (TPSA) is 45.7 Å². The summed E-state index contributed by atoms with van der Waals surface area (Å²) in [6.07, 6.45) is 0. The molecule has 1 aromatic carbocycles. The second-order valence-electron chi connectivity index (χ2n) is 5.22. The predicted molar refractivity (Wildman–Crippen MR) is 79.5 cm³/mol. The second-order valence-corrected chi connectivity index (χ2v) is 6.04. The smallest absolute Gasteiger partial charge is 0.278 e. The van der Waals surface area contributed by atoms with Crippen LogP contribution in [-0.4, -0.2) is 18.0 Å². The molecule has 6 heteroatoms. The van der Waals surface area contributed by atoms with Gasteiger partial charge in [0.1, 0.15) is 11.9 Å². The lowest BCUT2D eigenvalue weighted by Crippen LogP contribution is -2.92. The van der Waals surface area contributed by atoms with Crippen LogP contribution in [-0.2, 0) is 4.79 Å². The maximum Gasteiger partial charge on any atom is 0.278 e. The number of rotatable bonds is 5. The van der Waals surface area contributed by atoms with Crippen LogP contribution in [0.3, 0.4) is 0 Å². The third kappa shape index (κ3) is 4.62. The van der Waals surface area contributed by atoms with Crippen molar-refractivity contribution < 1.29 is 14.5 Å². The molecule has 2 atom stereocenters. The average molecular weight is 322 g/mol. The molecule has 1 amide bonds. The third-order valence-electron chi connectivity index (χ3n) is 2.95. The number of amides is 1. The van der Waals surface area contributed by atoms with E-state index in [1.165, 1.54) is 12.1 Å². The first-order valence-corrected chi connectivity index (χ1v) is 7.27. The molecular weight excluding hydrogens is 302 g/mol. The van der Waals surface area contributed by atoms with Gasteiger partial charge in [0, 0.05) is 11.6 Å². The zero-order chi connectivity index (χ0) is 15.4. The van der Waals surface area contributed by atoms with Gasteiger partial charge in [-0.3, -0.25) is 4.79 Å². The lowest BCUT2D eigenvalue weighted by atomic mass is 10.1. The minimum absolute atomic E-state index is 0.00320. The largest absolute Gasteiger partial charge is 0.349 e. The third-order valence-corrected chi connectivity index (χ3v) is 3.57. The molecule has 3 nitrogen and oxygen atoms in total. The van der Waals surface area contributed by atoms with Crippen LogP contribution >= 0.6 is 23.2 Å². The van der Waals surface area contributed by atoms with Gasteiger partial charge in [-0.1, -0.05) is 23.2 Å². The first-order chi connectivity index (χ1) is 9.22. The van der Waals surface area contributed by atoms with Crippen molar-refractivity contribution in [1.82, 2.24) is 5.32 Å². The quantitative estimate of drug-likeness (QED) is 0.805. The lowest BCUT2D eigenvalue weighted by Gasteiger charge is -2.19. The maximum atomic E-state index is 13.5. The van der Waals surface area contributed by atoms with Crippen LogP contribution in [0, 0.1) is 5.82 Å². The van der Waals surface area contributed by atoms with Crippen LogP contribution < -0.4 is 10.6 Å². The van der Waals surface area contributed by atoms with Crippen LogP contribution in [0.15, 0.2) is 12.1 Å². The fraction of sp³-hybridized carbons (Fsp3) is 0.500. The molecule has 0 heterocycles. The molecule has 20 heavy (non-hydrogen) atoms. The lowest BCUT2D eigenvalue weighted by molar-refractivity contribution is -0.710. The molecule has 0 saturated heterocycles. The Morgan fingerprint density at radius 3 is 2.35 bits per heavy atom. The summed E-state index contributed by atoms with van der Waals surface area (Å²) in [5.41, 5.74) is 0.623. The van der Waals surface area contributed by atoms with Gasteiger partial charge in [0.2, 0.25) is 0 Å². The van der Waals surface area contributed by atoms with Gasteiger partial charge in [0.25, 0.3) is 5.91 Å². The van der Waals surface area contributed by atoms with Crippen LogP contribution in [0.2, 0.25) is 10.0 Å². The molecule has 1 rings (SSSR count). The molecule has 0 spiro atoms. The summed E-state index contributed by atoms with van der Waals surface area (Å²) in [5, 5.41) is 5.07. The summed E-state index contributed by atoms with van der Waals surface area (Å²) in [6.45, 7) is 7.47. The number of benzene rings is 1. The Labute approximate surface area is 128 Å². The molecule has 112 valence electrons. The van der Waals surface area contributed by atoms with Gasteiger partial charge in [-0.25, -0.2) is 4.39 Å². The highest BCUT2D eigenvalue weighted by atomic mass is 35.5. The van der Waals surface area contributed by atoms with Crippen LogP contribution in [0.1, 0.15) is 39.3 Å². The van der Waals surface area contributed by atoms with E-state index in [9.17, 15) is 9.18 Å². The van der Waals surface area contributed by atoms with Crippen molar-refractivity contribution in [1.29, 1.82) is 0 Å². The van der Waals surface area contributed by atoms with Crippen molar-refractivity contribution in [3.05, 3.63) is 33.6 Å². The summed E-state index contributed by atoms with van der Waals surface area (Å²) >= 11 is 11.7. The predicted octanol–water partition coefficient (Wildman–Crippen LogP) is 2.67. The van der Waals surface area contributed by atoms with E-state index in [0.717, 1.165) is 0 Å². The zero-order valence-corrected chi connectivity index (χ0v) is 13.5. The van der Waals surface area contributed by atoms with Crippen molar-refractivity contribution in [3.8, 4) is 0 Å². The van der Waals surface area contributed by atoms with E-state index in [1.54, 1.807) is 6.92 Å². The maximum absolute atomic E-state index is 13.5. The Kier molecular flexibility index (Phi) is 6.24. The minimum atomic E-state index is -0.509. The first-order valence-electron chi connectivity index (χ1n) is 6.52. The van der Waals surface area contributed by atoms with E-state index in [1.807, 2.05) is 26.1 Å². The van der Waals surface area contributed by atoms with Gasteiger partial charge in [-0.2, -0.15) is 0 Å². The van der Waals surface area contributed by atoms with Gasteiger partial charge in [-0.05, 0) is 39.8 Å². The fourth-order valence-corrected chi connectivity index (χ4v) is 2.48. The molecule has 0 bridgehead atoms. The van der Waals surface area contributed by atoms with Crippen molar-refractivity contribution in [2.45, 2.75) is 45.8 Å². The zero-order valence-electron chi connectivity index (χ0n) is 12.0. The van der Waals surface area contributed by atoms with E-state index >= 15 is 0 Å². The summed E-state index contributed by atoms with van der Waals surface area (Å²) in [6, 6.07) is 2.35. The molecule has 0 aromatic heterocycles.